The standard InChI is InChI=1S/C14H20ClNO/c1-2-10-5-3-6-11(9-10)17-13-8-4-7-12(15)14(13)16/h4,7-8,10-11H,2-3,5-6,9,16H2,1H3. The lowest BCUT2D eigenvalue weighted by atomic mass is 9.85. The topological polar surface area (TPSA) is 35.2 Å². The van der Waals surface area contributed by atoms with Crippen LogP contribution in [0.5, 0.6) is 5.75 Å². The fourth-order valence-electron chi connectivity index (χ4n) is 2.52. The van der Waals surface area contributed by atoms with Gasteiger partial charge in [0, 0.05) is 0 Å². The molecular weight excluding hydrogens is 234 g/mol. The van der Waals surface area contributed by atoms with Gasteiger partial charge in [0.25, 0.3) is 0 Å². The van der Waals surface area contributed by atoms with Gasteiger partial charge in [0.15, 0.2) is 0 Å². The van der Waals surface area contributed by atoms with E-state index in [1.807, 2.05) is 12.1 Å². The average Bonchev–Trinajstić information content (AvgIpc) is 2.35. The number of para-hydroxylation sites is 1. The van der Waals surface area contributed by atoms with Crippen LogP contribution >= 0.6 is 11.6 Å². The number of nitrogens with two attached hydrogens (primary N) is 1. The molecule has 1 aliphatic carbocycles. The van der Waals surface area contributed by atoms with Crippen molar-refractivity contribution in [3.63, 3.8) is 0 Å². The summed E-state index contributed by atoms with van der Waals surface area (Å²) in [5.41, 5.74) is 6.47. The van der Waals surface area contributed by atoms with Gasteiger partial charge < -0.3 is 10.5 Å². The maximum atomic E-state index is 5.99. The van der Waals surface area contributed by atoms with E-state index in [4.69, 9.17) is 22.1 Å². The first-order chi connectivity index (χ1) is 8.20. The fourth-order valence-corrected chi connectivity index (χ4v) is 2.68. The highest BCUT2D eigenvalue weighted by Gasteiger charge is 2.22. The Morgan fingerprint density at radius 3 is 3.00 bits per heavy atom. The number of hydrogen-bond donors (Lipinski definition) is 1. The number of rotatable bonds is 3. The summed E-state index contributed by atoms with van der Waals surface area (Å²) >= 11 is 5.98. The van der Waals surface area contributed by atoms with Crippen LogP contribution in [0, 0.1) is 5.92 Å². The number of hydrogen-bond acceptors (Lipinski definition) is 2. The van der Waals surface area contributed by atoms with Crippen LogP contribution in [-0.4, -0.2) is 6.10 Å². The first kappa shape index (κ1) is 12.6. The van der Waals surface area contributed by atoms with Gasteiger partial charge in [-0.1, -0.05) is 37.4 Å². The van der Waals surface area contributed by atoms with Crippen LogP contribution in [0.1, 0.15) is 39.0 Å². The monoisotopic (exact) mass is 253 g/mol. The maximum absolute atomic E-state index is 5.99. The number of benzene rings is 1. The summed E-state index contributed by atoms with van der Waals surface area (Å²) in [5, 5.41) is 0.574. The number of anilines is 1. The van der Waals surface area contributed by atoms with Crippen molar-refractivity contribution in [1.82, 2.24) is 0 Å². The molecule has 2 nitrogen and oxygen atoms in total. The third-order valence-electron chi connectivity index (χ3n) is 3.62. The molecule has 0 aromatic heterocycles. The highest BCUT2D eigenvalue weighted by atomic mass is 35.5. The molecule has 0 radical (unpaired) electrons. The van der Waals surface area contributed by atoms with E-state index >= 15 is 0 Å². The second-order valence-corrected chi connectivity index (χ2v) is 5.24. The summed E-state index contributed by atoms with van der Waals surface area (Å²) in [5.74, 6) is 1.54. The number of halogens is 1. The quantitative estimate of drug-likeness (QED) is 0.817. The molecule has 94 valence electrons. The Labute approximate surface area is 108 Å². The summed E-state index contributed by atoms with van der Waals surface area (Å²) in [6, 6.07) is 5.57. The molecule has 2 atom stereocenters. The van der Waals surface area contributed by atoms with Gasteiger partial charge in [0.05, 0.1) is 16.8 Å². The van der Waals surface area contributed by atoms with Crippen molar-refractivity contribution in [3.05, 3.63) is 23.2 Å². The molecule has 1 aliphatic rings. The van der Waals surface area contributed by atoms with Gasteiger partial charge in [-0.15, -0.1) is 0 Å². The van der Waals surface area contributed by atoms with Gasteiger partial charge >= 0.3 is 0 Å². The second kappa shape index (κ2) is 5.63. The van der Waals surface area contributed by atoms with Crippen molar-refractivity contribution in [3.8, 4) is 5.75 Å². The Morgan fingerprint density at radius 2 is 2.24 bits per heavy atom. The Kier molecular flexibility index (Phi) is 4.16. The van der Waals surface area contributed by atoms with Gasteiger partial charge in [-0.3, -0.25) is 0 Å². The van der Waals surface area contributed by atoms with Crippen LogP contribution in [0.2, 0.25) is 5.02 Å². The first-order valence-corrected chi connectivity index (χ1v) is 6.79. The fraction of sp³-hybridized carbons (Fsp3) is 0.571. The van der Waals surface area contributed by atoms with Crippen LogP contribution in [0.15, 0.2) is 18.2 Å². The summed E-state index contributed by atoms with van der Waals surface area (Å²) in [6.45, 7) is 2.25. The molecule has 0 amide bonds. The van der Waals surface area contributed by atoms with Gasteiger partial charge in [-0.25, -0.2) is 0 Å². The molecule has 0 saturated heterocycles. The SMILES string of the molecule is CCC1CCCC(Oc2cccc(Cl)c2N)C1. The molecule has 2 rings (SSSR count). The lowest BCUT2D eigenvalue weighted by molar-refractivity contribution is 0.123. The highest BCUT2D eigenvalue weighted by Crippen LogP contribution is 2.34. The molecule has 2 unspecified atom stereocenters. The summed E-state index contributed by atoms with van der Waals surface area (Å²) in [6.07, 6.45) is 6.40. The van der Waals surface area contributed by atoms with Crippen LogP contribution in [0.4, 0.5) is 5.69 Å². The zero-order chi connectivity index (χ0) is 12.3. The molecule has 0 spiro atoms. The van der Waals surface area contributed by atoms with Gasteiger partial charge in [-0.2, -0.15) is 0 Å². The van der Waals surface area contributed by atoms with Crippen LogP contribution in [0.3, 0.4) is 0 Å². The van der Waals surface area contributed by atoms with Crippen molar-refractivity contribution in [2.24, 2.45) is 5.92 Å². The van der Waals surface area contributed by atoms with Gasteiger partial charge in [0.2, 0.25) is 0 Å². The van der Waals surface area contributed by atoms with E-state index in [1.54, 1.807) is 6.07 Å². The third-order valence-corrected chi connectivity index (χ3v) is 3.95. The van der Waals surface area contributed by atoms with Crippen LogP contribution < -0.4 is 10.5 Å². The minimum absolute atomic E-state index is 0.300. The lowest BCUT2D eigenvalue weighted by Gasteiger charge is -2.29. The molecule has 2 N–H and O–H groups in total. The van der Waals surface area contributed by atoms with E-state index in [0.29, 0.717) is 16.8 Å². The van der Waals surface area contributed by atoms with E-state index in [0.717, 1.165) is 24.5 Å². The molecule has 3 heteroatoms. The molecule has 1 fully saturated rings. The smallest absolute Gasteiger partial charge is 0.144 e. The zero-order valence-corrected chi connectivity index (χ0v) is 11.0. The Balaban J connectivity index is 2.02. The van der Waals surface area contributed by atoms with E-state index in [9.17, 15) is 0 Å². The lowest BCUT2D eigenvalue weighted by Crippen LogP contribution is -2.25. The first-order valence-electron chi connectivity index (χ1n) is 6.41. The van der Waals surface area contributed by atoms with Crippen molar-refractivity contribution in [2.45, 2.75) is 45.1 Å². The van der Waals surface area contributed by atoms with E-state index in [2.05, 4.69) is 6.92 Å². The minimum atomic E-state index is 0.300. The Hall–Kier alpha value is -0.890. The Morgan fingerprint density at radius 1 is 1.41 bits per heavy atom. The number of ether oxygens (including phenoxy) is 1. The van der Waals surface area contributed by atoms with Crippen molar-refractivity contribution < 1.29 is 4.74 Å². The second-order valence-electron chi connectivity index (χ2n) is 4.83. The van der Waals surface area contributed by atoms with E-state index in [-0.39, 0.29) is 0 Å². The van der Waals surface area contributed by atoms with Crippen molar-refractivity contribution in [1.29, 1.82) is 0 Å². The predicted molar refractivity (Wildman–Crippen MR) is 72.5 cm³/mol. The van der Waals surface area contributed by atoms with Crippen LogP contribution in [0.25, 0.3) is 0 Å². The van der Waals surface area contributed by atoms with Gasteiger partial charge in [-0.05, 0) is 37.3 Å². The van der Waals surface area contributed by atoms with Crippen LogP contribution in [-0.2, 0) is 0 Å². The van der Waals surface area contributed by atoms with Gasteiger partial charge in [0.1, 0.15) is 5.75 Å². The normalized spacial score (nSPS) is 24.6. The predicted octanol–water partition coefficient (Wildman–Crippen LogP) is 4.27. The average molecular weight is 254 g/mol. The molecule has 0 aliphatic heterocycles. The number of nitrogen functional groups attached to an aromatic ring is 1. The largest absolute Gasteiger partial charge is 0.488 e. The third kappa shape index (κ3) is 3.06. The highest BCUT2D eigenvalue weighted by molar-refractivity contribution is 6.33. The van der Waals surface area contributed by atoms with Crippen molar-refractivity contribution >= 4 is 17.3 Å². The summed E-state index contributed by atoms with van der Waals surface area (Å²) in [4.78, 5) is 0. The molecule has 17 heavy (non-hydrogen) atoms. The maximum Gasteiger partial charge on any atom is 0.144 e. The summed E-state index contributed by atoms with van der Waals surface area (Å²) in [7, 11) is 0. The molecule has 1 aromatic carbocycles. The summed E-state index contributed by atoms with van der Waals surface area (Å²) < 4.78 is 5.99. The minimum Gasteiger partial charge on any atom is -0.488 e. The molecule has 0 heterocycles. The van der Waals surface area contributed by atoms with Crippen molar-refractivity contribution in [2.75, 3.05) is 5.73 Å². The van der Waals surface area contributed by atoms with E-state index < -0.39 is 0 Å². The molecular formula is C14H20ClNO. The molecule has 0 bridgehead atoms. The zero-order valence-electron chi connectivity index (χ0n) is 10.3. The van der Waals surface area contributed by atoms with E-state index in [1.165, 1.54) is 19.3 Å². The Bertz CT molecular complexity index is 380. The molecule has 1 aromatic rings. The molecule has 1 saturated carbocycles.